The van der Waals surface area contributed by atoms with E-state index in [-0.39, 0.29) is 23.5 Å². The molecule has 0 radical (unpaired) electrons. The maximum Gasteiger partial charge on any atom is 0.233 e. The van der Waals surface area contributed by atoms with Crippen molar-refractivity contribution in [2.75, 3.05) is 5.75 Å². The van der Waals surface area contributed by atoms with Crippen molar-refractivity contribution in [3.8, 4) is 11.4 Å². The first-order valence-electron chi connectivity index (χ1n) is 10.2. The first-order chi connectivity index (χ1) is 14.7. The largest absolute Gasteiger partial charge is 0.335 e. The van der Waals surface area contributed by atoms with Crippen molar-refractivity contribution >= 4 is 17.7 Å². The van der Waals surface area contributed by atoms with Gasteiger partial charge in [-0.3, -0.25) is 14.9 Å². The molecule has 0 atom stereocenters. The summed E-state index contributed by atoms with van der Waals surface area (Å²) in [6, 6.07) is 10.3. The van der Waals surface area contributed by atoms with Gasteiger partial charge in [0.1, 0.15) is 5.82 Å². The van der Waals surface area contributed by atoms with Crippen LogP contribution in [0.15, 0.2) is 53.9 Å². The predicted molar refractivity (Wildman–Crippen MR) is 114 cm³/mol. The van der Waals surface area contributed by atoms with Gasteiger partial charge in [0.2, 0.25) is 11.1 Å². The van der Waals surface area contributed by atoms with Crippen LogP contribution in [0.25, 0.3) is 11.4 Å². The van der Waals surface area contributed by atoms with Gasteiger partial charge in [-0.2, -0.15) is 0 Å². The quantitative estimate of drug-likeness (QED) is 0.566. The monoisotopic (exact) mass is 425 g/mol. The highest BCUT2D eigenvalue weighted by atomic mass is 32.2. The Labute approximate surface area is 179 Å². The summed E-state index contributed by atoms with van der Waals surface area (Å²) in [5, 5.41) is 7.68. The Balaban J connectivity index is 1.42. The number of aromatic amines is 1. The van der Waals surface area contributed by atoms with Crippen molar-refractivity contribution in [2.24, 2.45) is 0 Å². The second kappa shape index (κ2) is 9.84. The molecule has 30 heavy (non-hydrogen) atoms. The molecule has 1 saturated carbocycles. The molecule has 2 heterocycles. The van der Waals surface area contributed by atoms with Crippen LogP contribution in [-0.4, -0.2) is 42.8 Å². The van der Waals surface area contributed by atoms with E-state index in [1.54, 1.807) is 24.5 Å². The smallest absolute Gasteiger partial charge is 0.233 e. The number of carbonyl (C=O) groups excluding carboxylic acids is 1. The molecule has 1 amide bonds. The van der Waals surface area contributed by atoms with Gasteiger partial charge in [0.15, 0.2) is 5.82 Å². The molecule has 2 aromatic heterocycles. The fraction of sp³-hybridized carbons (Fsp3) is 0.364. The lowest BCUT2D eigenvalue weighted by Gasteiger charge is -2.34. The zero-order chi connectivity index (χ0) is 20.8. The fourth-order valence-electron chi connectivity index (χ4n) is 3.76. The van der Waals surface area contributed by atoms with E-state index in [9.17, 15) is 9.18 Å². The minimum Gasteiger partial charge on any atom is -0.335 e. The topological polar surface area (TPSA) is 74.8 Å². The summed E-state index contributed by atoms with van der Waals surface area (Å²) in [5.41, 5.74) is 1.84. The molecule has 8 heteroatoms. The first kappa shape index (κ1) is 20.5. The minimum atomic E-state index is -0.264. The standard InChI is InChI=1S/C22H24FN5OS/c23-18-8-6-16(7-9-18)14-28(19-4-2-1-3-5-19)20(29)15-30-22-25-21(26-27-22)17-10-12-24-13-11-17/h6-13,19H,1-5,14-15H2,(H,25,26,27). The summed E-state index contributed by atoms with van der Waals surface area (Å²) in [7, 11) is 0. The number of aromatic nitrogens is 4. The molecule has 0 bridgehead atoms. The number of thioether (sulfide) groups is 1. The summed E-state index contributed by atoms with van der Waals surface area (Å²) < 4.78 is 13.3. The molecule has 156 valence electrons. The molecule has 6 nitrogen and oxygen atoms in total. The molecule has 0 spiro atoms. The SMILES string of the molecule is O=C(CSc1n[nH]c(-c2ccncc2)n1)N(Cc1ccc(F)cc1)C1CCCCC1. The third-order valence-corrected chi connectivity index (χ3v) is 6.18. The van der Waals surface area contributed by atoms with Crippen LogP contribution in [0.3, 0.4) is 0 Å². The molecule has 1 N–H and O–H groups in total. The highest BCUT2D eigenvalue weighted by molar-refractivity contribution is 7.99. The molecule has 1 aliphatic carbocycles. The van der Waals surface area contributed by atoms with Crippen molar-refractivity contribution in [3.05, 3.63) is 60.2 Å². The van der Waals surface area contributed by atoms with E-state index in [2.05, 4.69) is 20.2 Å². The Morgan fingerprint density at radius 2 is 1.83 bits per heavy atom. The van der Waals surface area contributed by atoms with Crippen LogP contribution in [0, 0.1) is 5.82 Å². The van der Waals surface area contributed by atoms with Gasteiger partial charge in [0.05, 0.1) is 5.75 Å². The van der Waals surface area contributed by atoms with Crippen molar-refractivity contribution in [1.82, 2.24) is 25.1 Å². The maximum atomic E-state index is 13.3. The molecule has 4 rings (SSSR count). The Bertz CT molecular complexity index is 957. The number of hydrogen-bond donors (Lipinski definition) is 1. The number of hydrogen-bond acceptors (Lipinski definition) is 5. The fourth-order valence-corrected chi connectivity index (χ4v) is 4.44. The number of nitrogens with one attached hydrogen (secondary N) is 1. The average molecular weight is 426 g/mol. The highest BCUT2D eigenvalue weighted by Gasteiger charge is 2.26. The summed E-state index contributed by atoms with van der Waals surface area (Å²) >= 11 is 1.33. The van der Waals surface area contributed by atoms with Crippen molar-refractivity contribution in [3.63, 3.8) is 0 Å². The van der Waals surface area contributed by atoms with Gasteiger partial charge >= 0.3 is 0 Å². The van der Waals surface area contributed by atoms with E-state index in [0.717, 1.165) is 36.8 Å². The Morgan fingerprint density at radius 1 is 1.10 bits per heavy atom. The number of benzene rings is 1. The van der Waals surface area contributed by atoms with Crippen LogP contribution in [0.5, 0.6) is 0 Å². The van der Waals surface area contributed by atoms with E-state index in [4.69, 9.17) is 0 Å². The van der Waals surface area contributed by atoms with Crippen LogP contribution in [0.2, 0.25) is 0 Å². The molecule has 3 aromatic rings. The van der Waals surface area contributed by atoms with Gasteiger partial charge < -0.3 is 4.90 Å². The zero-order valence-corrected chi connectivity index (χ0v) is 17.4. The molecular formula is C22H24FN5OS. The van der Waals surface area contributed by atoms with Gasteiger partial charge in [0.25, 0.3) is 0 Å². The summed E-state index contributed by atoms with van der Waals surface area (Å²) in [6.45, 7) is 0.501. The van der Waals surface area contributed by atoms with E-state index >= 15 is 0 Å². The summed E-state index contributed by atoms with van der Waals surface area (Å²) in [6.07, 6.45) is 8.94. The summed E-state index contributed by atoms with van der Waals surface area (Å²) in [4.78, 5) is 23.6. The van der Waals surface area contributed by atoms with Crippen LogP contribution in [0.4, 0.5) is 4.39 Å². The minimum absolute atomic E-state index is 0.0616. The Kier molecular flexibility index (Phi) is 6.74. The number of carbonyl (C=O) groups is 1. The molecule has 0 saturated heterocycles. The number of nitrogens with zero attached hydrogens (tertiary/aromatic N) is 4. The Hall–Kier alpha value is -2.74. The third kappa shape index (κ3) is 5.24. The van der Waals surface area contributed by atoms with Gasteiger partial charge in [-0.25, -0.2) is 9.37 Å². The maximum absolute atomic E-state index is 13.3. The van der Waals surface area contributed by atoms with Gasteiger partial charge in [-0.15, -0.1) is 5.10 Å². The third-order valence-electron chi connectivity index (χ3n) is 5.35. The molecule has 1 aromatic carbocycles. The van der Waals surface area contributed by atoms with Crippen LogP contribution < -0.4 is 0 Å². The predicted octanol–water partition coefficient (Wildman–Crippen LogP) is 4.46. The second-order valence-corrected chi connectivity index (χ2v) is 8.37. The van der Waals surface area contributed by atoms with Crippen LogP contribution in [0.1, 0.15) is 37.7 Å². The van der Waals surface area contributed by atoms with E-state index in [0.29, 0.717) is 17.5 Å². The molecule has 0 unspecified atom stereocenters. The van der Waals surface area contributed by atoms with Crippen LogP contribution >= 0.6 is 11.8 Å². The lowest BCUT2D eigenvalue weighted by Crippen LogP contribution is -2.41. The van der Waals surface area contributed by atoms with Crippen molar-refractivity contribution < 1.29 is 9.18 Å². The number of halogens is 1. The average Bonchev–Trinajstić information content (AvgIpc) is 3.27. The first-order valence-corrected chi connectivity index (χ1v) is 11.2. The van der Waals surface area contributed by atoms with Crippen molar-refractivity contribution in [1.29, 1.82) is 0 Å². The number of H-pyrrole nitrogens is 1. The molecular weight excluding hydrogens is 401 g/mol. The lowest BCUT2D eigenvalue weighted by atomic mass is 9.94. The van der Waals surface area contributed by atoms with Gasteiger partial charge in [-0.1, -0.05) is 43.2 Å². The highest BCUT2D eigenvalue weighted by Crippen LogP contribution is 2.26. The van der Waals surface area contributed by atoms with Gasteiger partial charge in [-0.05, 0) is 42.7 Å². The normalized spacial score (nSPS) is 14.6. The lowest BCUT2D eigenvalue weighted by molar-refractivity contribution is -0.132. The molecule has 1 fully saturated rings. The van der Waals surface area contributed by atoms with Crippen LogP contribution in [-0.2, 0) is 11.3 Å². The second-order valence-electron chi connectivity index (χ2n) is 7.43. The van der Waals surface area contributed by atoms with E-state index in [1.165, 1.54) is 30.3 Å². The number of rotatable bonds is 7. The molecule has 1 aliphatic rings. The van der Waals surface area contributed by atoms with E-state index < -0.39 is 0 Å². The summed E-state index contributed by atoms with van der Waals surface area (Å²) in [5.74, 6) is 0.722. The van der Waals surface area contributed by atoms with Crippen molar-refractivity contribution in [2.45, 2.75) is 49.8 Å². The van der Waals surface area contributed by atoms with Gasteiger partial charge in [0, 0.05) is 30.5 Å². The van der Waals surface area contributed by atoms with E-state index in [1.807, 2.05) is 17.0 Å². The number of pyridine rings is 1. The molecule has 0 aliphatic heterocycles. The number of amides is 1. The zero-order valence-electron chi connectivity index (χ0n) is 16.6. The Morgan fingerprint density at radius 3 is 2.57 bits per heavy atom.